The van der Waals surface area contributed by atoms with Crippen LogP contribution in [-0.2, 0) is 15.8 Å². The number of carbonyl (C=O) groups is 1. The molecule has 0 aliphatic carbocycles. The molecule has 24 heavy (non-hydrogen) atoms. The van der Waals surface area contributed by atoms with Crippen LogP contribution in [0.4, 0.5) is 5.69 Å². The summed E-state index contributed by atoms with van der Waals surface area (Å²) >= 11 is 11.8. The number of hydrogen-bond acceptors (Lipinski definition) is 4. The lowest BCUT2D eigenvalue weighted by Crippen LogP contribution is -2.28. The molecule has 1 aromatic carbocycles. The highest BCUT2D eigenvalue weighted by atomic mass is 35.5. The molecule has 0 aliphatic rings. The van der Waals surface area contributed by atoms with Crippen LogP contribution in [0.5, 0.6) is 0 Å². The van der Waals surface area contributed by atoms with Crippen LogP contribution in [0.15, 0.2) is 36.5 Å². The summed E-state index contributed by atoms with van der Waals surface area (Å²) in [6, 6.07) is 7.58. The summed E-state index contributed by atoms with van der Waals surface area (Å²) in [5.41, 5.74) is 0.979. The maximum atomic E-state index is 12.6. The monoisotopic (exact) mass is 387 g/mol. The van der Waals surface area contributed by atoms with Gasteiger partial charge in [-0.15, -0.1) is 0 Å². The first-order valence-electron chi connectivity index (χ1n) is 6.83. The van der Waals surface area contributed by atoms with Gasteiger partial charge in [-0.25, -0.2) is 8.42 Å². The van der Waals surface area contributed by atoms with Gasteiger partial charge < -0.3 is 5.32 Å². The molecule has 0 bridgehead atoms. The number of rotatable bonds is 5. The third kappa shape index (κ3) is 4.17. The van der Waals surface area contributed by atoms with Gasteiger partial charge in [0.05, 0.1) is 21.5 Å². The molecule has 2 rings (SSSR count). The molecule has 1 N–H and O–H groups in total. The van der Waals surface area contributed by atoms with Gasteiger partial charge in [0, 0.05) is 20.3 Å². The van der Waals surface area contributed by atoms with Crippen molar-refractivity contribution < 1.29 is 13.2 Å². The zero-order valence-corrected chi connectivity index (χ0v) is 15.3. The number of nitrogens with one attached hydrogen (secondary N) is 1. The molecule has 1 heterocycles. The van der Waals surface area contributed by atoms with Gasteiger partial charge in [0.15, 0.2) is 0 Å². The number of hydrogen-bond donors (Lipinski definition) is 1. The van der Waals surface area contributed by atoms with Gasteiger partial charge in [-0.1, -0.05) is 29.3 Å². The van der Waals surface area contributed by atoms with Gasteiger partial charge in [-0.2, -0.15) is 0 Å². The quantitative estimate of drug-likeness (QED) is 0.854. The lowest BCUT2D eigenvalue weighted by Gasteiger charge is -2.20. The number of nitrogens with zero attached hydrogens (tertiary/aromatic N) is 2. The van der Waals surface area contributed by atoms with E-state index in [1.54, 1.807) is 12.1 Å². The van der Waals surface area contributed by atoms with Crippen molar-refractivity contribution in [3.8, 4) is 0 Å². The fourth-order valence-electron chi connectivity index (χ4n) is 1.96. The highest BCUT2D eigenvalue weighted by Gasteiger charge is 2.21. The van der Waals surface area contributed by atoms with Crippen LogP contribution in [0, 0.1) is 0 Å². The zero-order chi connectivity index (χ0) is 17.9. The Balaban J connectivity index is 2.28. The number of amides is 1. The van der Waals surface area contributed by atoms with E-state index in [0.717, 1.165) is 4.31 Å². The van der Waals surface area contributed by atoms with E-state index in [2.05, 4.69) is 10.3 Å². The second-order valence-corrected chi connectivity index (χ2v) is 7.77. The average Bonchev–Trinajstić information content (AvgIpc) is 2.56. The lowest BCUT2D eigenvalue weighted by molar-refractivity contribution is 0.0958. The third-order valence-corrected chi connectivity index (χ3v) is 5.80. The van der Waals surface area contributed by atoms with Crippen LogP contribution in [0.25, 0.3) is 0 Å². The van der Waals surface area contributed by atoms with Crippen molar-refractivity contribution in [2.24, 2.45) is 0 Å². The van der Waals surface area contributed by atoms with E-state index < -0.39 is 15.9 Å². The maximum Gasteiger partial charge on any atom is 0.269 e. The number of carbonyl (C=O) groups excluding carboxylic acids is 1. The zero-order valence-electron chi connectivity index (χ0n) is 13.0. The largest absolute Gasteiger partial charge is 0.354 e. The molecule has 0 atom stereocenters. The molecule has 1 amide bonds. The van der Waals surface area contributed by atoms with Crippen molar-refractivity contribution in [1.82, 2.24) is 10.3 Å². The van der Waals surface area contributed by atoms with Crippen LogP contribution in [0.3, 0.4) is 0 Å². The smallest absolute Gasteiger partial charge is 0.269 e. The number of sulfonamides is 1. The van der Waals surface area contributed by atoms with Gasteiger partial charge in [-0.3, -0.25) is 14.1 Å². The van der Waals surface area contributed by atoms with Crippen molar-refractivity contribution >= 4 is 44.8 Å². The Morgan fingerprint density at radius 3 is 2.54 bits per heavy atom. The highest BCUT2D eigenvalue weighted by Crippen LogP contribution is 2.25. The topological polar surface area (TPSA) is 79.4 Å². The number of aromatic nitrogens is 1. The van der Waals surface area contributed by atoms with Gasteiger partial charge in [-0.05, 0) is 29.8 Å². The van der Waals surface area contributed by atoms with E-state index in [0.29, 0.717) is 16.3 Å². The Labute approximate surface area is 150 Å². The van der Waals surface area contributed by atoms with Crippen molar-refractivity contribution in [2.45, 2.75) is 5.75 Å². The Morgan fingerprint density at radius 1 is 1.21 bits per heavy atom. The summed E-state index contributed by atoms with van der Waals surface area (Å²) in [7, 11) is -0.787. The number of halogens is 2. The molecule has 0 spiro atoms. The fraction of sp³-hybridized carbons (Fsp3) is 0.200. The molecular formula is C15H15Cl2N3O3S. The van der Waals surface area contributed by atoms with Crippen molar-refractivity contribution in [2.75, 3.05) is 18.4 Å². The molecule has 9 heteroatoms. The number of benzene rings is 1. The molecule has 0 saturated heterocycles. The van der Waals surface area contributed by atoms with Gasteiger partial charge in [0.25, 0.3) is 5.91 Å². The fourth-order valence-corrected chi connectivity index (χ4v) is 3.51. The normalized spacial score (nSPS) is 11.2. The summed E-state index contributed by atoms with van der Waals surface area (Å²) in [5.74, 6) is -0.648. The Morgan fingerprint density at radius 2 is 1.92 bits per heavy atom. The van der Waals surface area contributed by atoms with Crippen LogP contribution >= 0.6 is 23.2 Å². The lowest BCUT2D eigenvalue weighted by atomic mass is 10.2. The molecule has 6 nitrogen and oxygen atoms in total. The van der Waals surface area contributed by atoms with E-state index >= 15 is 0 Å². The molecular weight excluding hydrogens is 373 g/mol. The minimum absolute atomic E-state index is 0.131. The van der Waals surface area contributed by atoms with Crippen LogP contribution in [0.1, 0.15) is 16.1 Å². The third-order valence-electron chi connectivity index (χ3n) is 3.32. The minimum atomic E-state index is -3.67. The van der Waals surface area contributed by atoms with Gasteiger partial charge in [0.2, 0.25) is 10.0 Å². The van der Waals surface area contributed by atoms with E-state index in [4.69, 9.17) is 23.2 Å². The van der Waals surface area contributed by atoms with Crippen LogP contribution in [-0.4, -0.2) is 33.4 Å². The second-order valence-electron chi connectivity index (χ2n) is 4.95. The SMILES string of the molecule is CNC(=O)c1cc(N(C)S(=O)(=O)Cc2ccc(Cl)c(Cl)c2)ccn1. The predicted octanol–water partition coefficient (Wildman–Crippen LogP) is 2.71. The summed E-state index contributed by atoms with van der Waals surface area (Å²) < 4.78 is 26.3. The first kappa shape index (κ1) is 18.5. The summed E-state index contributed by atoms with van der Waals surface area (Å²) in [6.45, 7) is 0. The van der Waals surface area contributed by atoms with E-state index in [9.17, 15) is 13.2 Å². The molecule has 0 saturated carbocycles. The summed E-state index contributed by atoms with van der Waals surface area (Å²) in [4.78, 5) is 15.5. The summed E-state index contributed by atoms with van der Waals surface area (Å²) in [5, 5.41) is 3.09. The molecule has 0 radical (unpaired) electrons. The molecule has 1 aromatic heterocycles. The second kappa shape index (κ2) is 7.38. The van der Waals surface area contributed by atoms with E-state index in [1.807, 2.05) is 0 Å². The van der Waals surface area contributed by atoms with E-state index in [-0.39, 0.29) is 16.5 Å². The molecule has 0 fully saturated rings. The van der Waals surface area contributed by atoms with Crippen molar-refractivity contribution in [3.63, 3.8) is 0 Å². The number of pyridine rings is 1. The molecule has 0 unspecified atom stereocenters. The Bertz CT molecular complexity index is 872. The first-order valence-corrected chi connectivity index (χ1v) is 9.20. The maximum absolute atomic E-state index is 12.6. The average molecular weight is 388 g/mol. The van der Waals surface area contributed by atoms with Gasteiger partial charge in [0.1, 0.15) is 5.69 Å². The van der Waals surface area contributed by atoms with Crippen molar-refractivity contribution in [3.05, 3.63) is 57.8 Å². The standard InChI is InChI=1S/C15H15Cl2N3O3S/c1-18-15(21)14-8-11(5-6-19-14)20(2)24(22,23)9-10-3-4-12(16)13(17)7-10/h3-8H,9H2,1-2H3,(H,18,21). The van der Waals surface area contributed by atoms with Crippen molar-refractivity contribution in [1.29, 1.82) is 0 Å². The Kier molecular flexibility index (Phi) is 5.69. The number of anilines is 1. The predicted molar refractivity (Wildman–Crippen MR) is 95.1 cm³/mol. The summed E-state index contributed by atoms with van der Waals surface area (Å²) in [6.07, 6.45) is 1.38. The first-order chi connectivity index (χ1) is 11.2. The highest BCUT2D eigenvalue weighted by molar-refractivity contribution is 7.92. The molecule has 0 aliphatic heterocycles. The Hall–Kier alpha value is -1.83. The minimum Gasteiger partial charge on any atom is -0.354 e. The van der Waals surface area contributed by atoms with E-state index in [1.165, 1.54) is 38.5 Å². The molecule has 2 aromatic rings. The van der Waals surface area contributed by atoms with Crippen LogP contribution in [0.2, 0.25) is 10.0 Å². The van der Waals surface area contributed by atoms with Gasteiger partial charge >= 0.3 is 0 Å². The molecule has 128 valence electrons. The van der Waals surface area contributed by atoms with Crippen LogP contribution < -0.4 is 9.62 Å².